The van der Waals surface area contributed by atoms with Crippen LogP contribution in [0.25, 0.3) is 0 Å². The van der Waals surface area contributed by atoms with Crippen LogP contribution in [0.1, 0.15) is 36.0 Å². The maximum atomic E-state index is 12.5. The van der Waals surface area contributed by atoms with E-state index in [-0.39, 0.29) is 24.2 Å². The number of β-amino-alcohol motifs (C(OH)–C–C–N with tert-alkyl or cyclic N) is 1. The predicted octanol–water partition coefficient (Wildman–Crippen LogP) is 0.0610. The summed E-state index contributed by atoms with van der Waals surface area (Å²) in [6.07, 6.45) is 2.48. The summed E-state index contributed by atoms with van der Waals surface area (Å²) in [6, 6.07) is 0. The summed E-state index contributed by atoms with van der Waals surface area (Å²) >= 11 is 0. The molecule has 2 saturated heterocycles. The smallest absolute Gasteiger partial charge is 0.290 e. The minimum Gasteiger partial charge on any atom is -0.483 e. The van der Waals surface area contributed by atoms with Crippen LogP contribution < -0.4 is 0 Å². The lowest BCUT2D eigenvalue weighted by atomic mass is 9.90. The molecule has 29 heavy (non-hydrogen) atoms. The number of carboxylic acid groups (broad SMARTS) is 1. The van der Waals surface area contributed by atoms with Crippen LogP contribution in [0.15, 0.2) is 10.8 Å². The summed E-state index contributed by atoms with van der Waals surface area (Å²) < 4.78 is 5.11. The molecule has 0 radical (unpaired) electrons. The van der Waals surface area contributed by atoms with E-state index in [1.807, 2.05) is 4.90 Å². The van der Waals surface area contributed by atoms with Crippen molar-refractivity contribution in [2.24, 2.45) is 5.92 Å². The van der Waals surface area contributed by atoms with Gasteiger partial charge in [0, 0.05) is 52.7 Å². The van der Waals surface area contributed by atoms with Crippen molar-refractivity contribution in [3.8, 4) is 0 Å². The average Bonchev–Trinajstić information content (AvgIpc) is 3.14. The Morgan fingerprint density at radius 2 is 1.79 bits per heavy atom. The highest BCUT2D eigenvalue weighted by molar-refractivity contribution is 5.93. The second kappa shape index (κ2) is 10.9. The van der Waals surface area contributed by atoms with Crippen molar-refractivity contribution in [1.29, 1.82) is 0 Å². The number of oxazole rings is 1. The maximum absolute atomic E-state index is 12.5. The minimum absolute atomic E-state index is 0.0930. The van der Waals surface area contributed by atoms with Gasteiger partial charge in [0.15, 0.2) is 12.1 Å². The number of aliphatic hydroxyl groups is 1. The number of aryl methyl sites for hydroxylation is 1. The Kier molecular flexibility index (Phi) is 8.59. The molecule has 162 valence electrons. The fourth-order valence-electron chi connectivity index (χ4n) is 3.81. The lowest BCUT2D eigenvalue weighted by molar-refractivity contribution is -0.130. The number of carbonyl (C=O) groups excluding carboxylic acids is 2. The molecule has 2 aliphatic rings. The molecule has 0 aromatic carbocycles. The number of aromatic nitrogens is 1. The van der Waals surface area contributed by atoms with E-state index in [4.69, 9.17) is 14.3 Å². The highest BCUT2D eigenvalue weighted by atomic mass is 16.3. The molecular weight excluding hydrogens is 380 g/mol. The average molecular weight is 410 g/mol. The number of nitrogens with zero attached hydrogens (tertiary/aromatic N) is 4. The summed E-state index contributed by atoms with van der Waals surface area (Å²) in [4.78, 5) is 42.1. The number of likely N-dealkylation sites (tertiary alicyclic amines) is 1. The Bertz CT molecular complexity index is 678. The van der Waals surface area contributed by atoms with Crippen LogP contribution in [0.2, 0.25) is 0 Å². The normalized spacial score (nSPS) is 19.3. The first-order valence-corrected chi connectivity index (χ1v) is 9.80. The van der Waals surface area contributed by atoms with Crippen LogP contribution in [0.3, 0.4) is 0 Å². The second-order valence-corrected chi connectivity index (χ2v) is 7.37. The SMILES string of the molecule is CC(=O)N1CCN(CC(O)C2CCN(C(=O)c3ncoc3C)CC2)CC1.O=CO. The number of hydrogen-bond acceptors (Lipinski definition) is 7. The van der Waals surface area contributed by atoms with Crippen LogP contribution in [0.4, 0.5) is 0 Å². The van der Waals surface area contributed by atoms with Gasteiger partial charge in [-0.1, -0.05) is 0 Å². The molecule has 1 aromatic rings. The predicted molar refractivity (Wildman–Crippen MR) is 103 cm³/mol. The van der Waals surface area contributed by atoms with Gasteiger partial charge in [-0.25, -0.2) is 4.98 Å². The summed E-state index contributed by atoms with van der Waals surface area (Å²) in [6.45, 7) is 8.04. The largest absolute Gasteiger partial charge is 0.483 e. The molecular formula is C19H30N4O6. The fourth-order valence-corrected chi connectivity index (χ4v) is 3.81. The van der Waals surface area contributed by atoms with Gasteiger partial charge in [-0.2, -0.15) is 0 Å². The zero-order valence-corrected chi connectivity index (χ0v) is 17.0. The molecule has 2 aliphatic heterocycles. The molecule has 3 rings (SSSR count). The van der Waals surface area contributed by atoms with Gasteiger partial charge in [0.25, 0.3) is 12.4 Å². The van der Waals surface area contributed by atoms with Gasteiger partial charge in [-0.05, 0) is 25.7 Å². The third-order valence-corrected chi connectivity index (χ3v) is 5.58. The molecule has 1 unspecified atom stereocenters. The van der Waals surface area contributed by atoms with Gasteiger partial charge in [0.05, 0.1) is 6.10 Å². The molecule has 0 spiro atoms. The fraction of sp³-hybridized carbons (Fsp3) is 0.684. The molecule has 1 aromatic heterocycles. The first-order valence-electron chi connectivity index (χ1n) is 9.80. The van der Waals surface area contributed by atoms with Crippen molar-refractivity contribution in [1.82, 2.24) is 19.7 Å². The van der Waals surface area contributed by atoms with E-state index in [9.17, 15) is 14.7 Å². The quantitative estimate of drug-likeness (QED) is 0.667. The molecule has 10 heteroatoms. The van der Waals surface area contributed by atoms with E-state index in [0.717, 1.165) is 39.0 Å². The van der Waals surface area contributed by atoms with Gasteiger partial charge >= 0.3 is 0 Å². The Balaban J connectivity index is 0.000000941. The Labute approximate surface area is 170 Å². The van der Waals surface area contributed by atoms with Crippen LogP contribution in [0, 0.1) is 12.8 Å². The van der Waals surface area contributed by atoms with E-state index in [1.165, 1.54) is 6.39 Å². The summed E-state index contributed by atoms with van der Waals surface area (Å²) in [5.41, 5.74) is 0.382. The number of aliphatic hydroxyl groups excluding tert-OH is 1. The van der Waals surface area contributed by atoms with E-state index in [0.29, 0.717) is 31.1 Å². The summed E-state index contributed by atoms with van der Waals surface area (Å²) in [5, 5.41) is 17.5. The first kappa shape index (κ1) is 22.8. The van der Waals surface area contributed by atoms with Crippen LogP contribution >= 0.6 is 0 Å². The number of hydrogen-bond donors (Lipinski definition) is 2. The number of amides is 2. The van der Waals surface area contributed by atoms with Crippen molar-refractivity contribution in [3.63, 3.8) is 0 Å². The van der Waals surface area contributed by atoms with Crippen molar-refractivity contribution < 1.29 is 29.0 Å². The van der Waals surface area contributed by atoms with Gasteiger partial charge < -0.3 is 24.4 Å². The molecule has 2 amide bonds. The van der Waals surface area contributed by atoms with E-state index < -0.39 is 6.10 Å². The monoisotopic (exact) mass is 410 g/mol. The second-order valence-electron chi connectivity index (χ2n) is 7.37. The van der Waals surface area contributed by atoms with Crippen molar-refractivity contribution in [3.05, 3.63) is 17.8 Å². The zero-order chi connectivity index (χ0) is 21.4. The molecule has 0 saturated carbocycles. The van der Waals surface area contributed by atoms with E-state index >= 15 is 0 Å². The molecule has 2 N–H and O–H groups in total. The third-order valence-electron chi connectivity index (χ3n) is 5.58. The molecule has 0 aliphatic carbocycles. The Morgan fingerprint density at radius 3 is 2.28 bits per heavy atom. The Morgan fingerprint density at radius 1 is 1.21 bits per heavy atom. The molecule has 3 heterocycles. The van der Waals surface area contributed by atoms with Crippen LogP contribution in [-0.2, 0) is 9.59 Å². The highest BCUT2D eigenvalue weighted by Gasteiger charge is 2.31. The van der Waals surface area contributed by atoms with Crippen LogP contribution in [-0.4, -0.2) is 100 Å². The minimum atomic E-state index is -0.398. The van der Waals surface area contributed by atoms with Gasteiger partial charge in [-0.15, -0.1) is 0 Å². The maximum Gasteiger partial charge on any atom is 0.290 e. The molecule has 2 fully saturated rings. The third kappa shape index (κ3) is 6.26. The standard InChI is InChI=1S/C18H28N4O4.CH2O2/c1-13-17(19-12-26-13)18(25)22-5-3-15(4-6-22)16(24)11-20-7-9-21(10-8-20)14(2)23;2-1-3/h12,15-16,24H,3-11H2,1-2H3;1H,(H,2,3). The number of carbonyl (C=O) groups is 3. The van der Waals surface area contributed by atoms with Gasteiger partial charge in [0.2, 0.25) is 5.91 Å². The number of rotatable bonds is 4. The number of piperidine rings is 1. The topological polar surface area (TPSA) is 127 Å². The molecule has 10 nitrogen and oxygen atoms in total. The van der Waals surface area contributed by atoms with Crippen LogP contribution in [0.5, 0.6) is 0 Å². The molecule has 1 atom stereocenters. The van der Waals surface area contributed by atoms with Gasteiger partial charge in [0.1, 0.15) is 5.76 Å². The van der Waals surface area contributed by atoms with Crippen molar-refractivity contribution in [2.45, 2.75) is 32.8 Å². The lowest BCUT2D eigenvalue weighted by Gasteiger charge is -2.38. The highest BCUT2D eigenvalue weighted by Crippen LogP contribution is 2.23. The van der Waals surface area contributed by atoms with E-state index in [2.05, 4.69) is 9.88 Å². The van der Waals surface area contributed by atoms with Crippen molar-refractivity contribution >= 4 is 18.3 Å². The lowest BCUT2D eigenvalue weighted by Crippen LogP contribution is -2.51. The zero-order valence-electron chi connectivity index (χ0n) is 17.0. The first-order chi connectivity index (χ1) is 13.9. The summed E-state index contributed by atoms with van der Waals surface area (Å²) in [5.74, 6) is 0.763. The summed E-state index contributed by atoms with van der Waals surface area (Å²) in [7, 11) is 0. The van der Waals surface area contributed by atoms with Gasteiger partial charge in [-0.3, -0.25) is 19.3 Å². The Hall–Kier alpha value is -2.46. The molecule has 0 bridgehead atoms. The van der Waals surface area contributed by atoms with Crippen molar-refractivity contribution in [2.75, 3.05) is 45.8 Å². The number of piperazine rings is 1. The van der Waals surface area contributed by atoms with E-state index in [1.54, 1.807) is 18.7 Å².